The van der Waals surface area contributed by atoms with Crippen molar-refractivity contribution in [3.8, 4) is 0 Å². The van der Waals surface area contributed by atoms with E-state index in [0.717, 1.165) is 24.5 Å². The molecule has 1 saturated heterocycles. The molecule has 4 nitrogen and oxygen atoms in total. The van der Waals surface area contributed by atoms with Crippen molar-refractivity contribution in [1.82, 2.24) is 5.32 Å². The van der Waals surface area contributed by atoms with E-state index >= 15 is 0 Å². The summed E-state index contributed by atoms with van der Waals surface area (Å²) in [6.07, 6.45) is 0. The lowest BCUT2D eigenvalue weighted by Gasteiger charge is -2.27. The normalized spacial score (nSPS) is 15.4. The van der Waals surface area contributed by atoms with Gasteiger partial charge >= 0.3 is 0 Å². The molecule has 0 spiro atoms. The third kappa shape index (κ3) is 2.17. The smallest absolute Gasteiger partial charge is 0.230 e. The molecule has 4 heteroatoms. The topological polar surface area (TPSA) is 44.4 Å². The second-order valence-electron chi connectivity index (χ2n) is 4.26. The van der Waals surface area contributed by atoms with Crippen LogP contribution in [0.5, 0.6) is 0 Å². The number of carbonyl (C=O) groups excluding carboxylic acids is 1. The molecule has 1 aliphatic heterocycles. The van der Waals surface area contributed by atoms with Gasteiger partial charge in [-0.25, -0.2) is 0 Å². The summed E-state index contributed by atoms with van der Waals surface area (Å²) in [7, 11) is 3.94. The van der Waals surface area contributed by atoms with Crippen LogP contribution >= 0.6 is 0 Å². The predicted octanol–water partition coefficient (Wildman–Crippen LogP) is 0.910. The summed E-state index contributed by atoms with van der Waals surface area (Å²) in [5.74, 6) is 0.225. The molecule has 0 bridgehead atoms. The van der Waals surface area contributed by atoms with Gasteiger partial charge in [0.05, 0.1) is 17.3 Å². The van der Waals surface area contributed by atoms with Gasteiger partial charge in [-0.05, 0) is 12.1 Å². The van der Waals surface area contributed by atoms with Gasteiger partial charge in [-0.1, -0.05) is 12.1 Å². The molecular weight excluding hydrogens is 202 g/mol. The summed E-state index contributed by atoms with van der Waals surface area (Å²) in [6, 6.07) is 7.82. The van der Waals surface area contributed by atoms with Crippen molar-refractivity contribution in [1.29, 1.82) is 0 Å². The third-order valence-electron chi connectivity index (χ3n) is 2.80. The van der Waals surface area contributed by atoms with Gasteiger partial charge in [0.1, 0.15) is 0 Å². The first-order valence-electron chi connectivity index (χ1n) is 5.46. The molecule has 1 amide bonds. The number of para-hydroxylation sites is 2. The summed E-state index contributed by atoms with van der Waals surface area (Å²) in [5, 5.41) is 6.07. The van der Waals surface area contributed by atoms with Crippen LogP contribution in [0.15, 0.2) is 24.3 Å². The molecule has 0 atom stereocenters. The largest absolute Gasteiger partial charge is 0.376 e. The maximum atomic E-state index is 11.8. The first-order valence-corrected chi connectivity index (χ1v) is 5.46. The number of hydrogen-bond donors (Lipinski definition) is 2. The summed E-state index contributed by atoms with van der Waals surface area (Å²) in [6.45, 7) is 1.58. The lowest BCUT2D eigenvalue weighted by Crippen LogP contribution is -2.48. The molecule has 1 aromatic carbocycles. The minimum Gasteiger partial charge on any atom is -0.376 e. The fourth-order valence-corrected chi connectivity index (χ4v) is 1.68. The molecular formula is C12H17N3O. The Labute approximate surface area is 95.6 Å². The lowest BCUT2D eigenvalue weighted by molar-refractivity contribution is -0.121. The van der Waals surface area contributed by atoms with E-state index < -0.39 is 0 Å². The molecule has 1 aliphatic rings. The average Bonchev–Trinajstić information content (AvgIpc) is 2.15. The lowest BCUT2D eigenvalue weighted by atomic mass is 10.0. The number of nitrogens with zero attached hydrogens (tertiary/aromatic N) is 1. The van der Waals surface area contributed by atoms with Gasteiger partial charge in [0.2, 0.25) is 5.91 Å². The summed E-state index contributed by atoms with van der Waals surface area (Å²) >= 11 is 0. The van der Waals surface area contributed by atoms with Crippen LogP contribution in [0.1, 0.15) is 0 Å². The molecule has 0 radical (unpaired) electrons. The molecule has 0 unspecified atom stereocenters. The molecule has 2 rings (SSSR count). The summed E-state index contributed by atoms with van der Waals surface area (Å²) in [5.41, 5.74) is 1.91. The van der Waals surface area contributed by atoms with E-state index in [4.69, 9.17) is 0 Å². The molecule has 1 aromatic rings. The van der Waals surface area contributed by atoms with E-state index in [1.165, 1.54) is 0 Å². The Hall–Kier alpha value is -1.55. The Balaban J connectivity index is 2.10. The summed E-state index contributed by atoms with van der Waals surface area (Å²) < 4.78 is 0. The molecule has 16 heavy (non-hydrogen) atoms. The molecule has 1 fully saturated rings. The molecule has 2 N–H and O–H groups in total. The van der Waals surface area contributed by atoms with Crippen LogP contribution in [0, 0.1) is 5.92 Å². The Bertz CT molecular complexity index is 386. The molecule has 1 heterocycles. The molecule has 0 saturated carbocycles. The number of anilines is 2. The first kappa shape index (κ1) is 11.0. The Morgan fingerprint density at radius 3 is 2.62 bits per heavy atom. The summed E-state index contributed by atoms with van der Waals surface area (Å²) in [4.78, 5) is 13.8. The first-order chi connectivity index (χ1) is 7.68. The van der Waals surface area contributed by atoms with Crippen LogP contribution < -0.4 is 15.5 Å². The van der Waals surface area contributed by atoms with E-state index in [1.807, 2.05) is 43.3 Å². The monoisotopic (exact) mass is 219 g/mol. The van der Waals surface area contributed by atoms with Crippen molar-refractivity contribution in [2.24, 2.45) is 5.92 Å². The van der Waals surface area contributed by atoms with E-state index in [9.17, 15) is 4.79 Å². The fourth-order valence-electron chi connectivity index (χ4n) is 1.68. The highest BCUT2D eigenvalue weighted by Crippen LogP contribution is 2.24. The van der Waals surface area contributed by atoms with E-state index in [1.54, 1.807) is 0 Å². The maximum absolute atomic E-state index is 11.8. The van der Waals surface area contributed by atoms with Gasteiger partial charge in [-0.3, -0.25) is 4.79 Å². The van der Waals surface area contributed by atoms with Crippen LogP contribution in [-0.2, 0) is 4.79 Å². The van der Waals surface area contributed by atoms with Crippen molar-refractivity contribution in [3.63, 3.8) is 0 Å². The Kier molecular flexibility index (Phi) is 3.10. The third-order valence-corrected chi connectivity index (χ3v) is 2.80. The molecule has 0 aromatic heterocycles. The zero-order valence-corrected chi connectivity index (χ0v) is 9.66. The van der Waals surface area contributed by atoms with Gasteiger partial charge in [0.15, 0.2) is 0 Å². The second-order valence-corrected chi connectivity index (χ2v) is 4.26. The van der Waals surface area contributed by atoms with Gasteiger partial charge in [0.25, 0.3) is 0 Å². The zero-order chi connectivity index (χ0) is 11.5. The number of nitrogens with one attached hydrogen (secondary N) is 2. The van der Waals surface area contributed by atoms with Crippen molar-refractivity contribution >= 4 is 17.3 Å². The SMILES string of the molecule is CN(C)c1ccccc1NC(=O)C1CNC1. The highest BCUT2D eigenvalue weighted by molar-refractivity contribution is 5.96. The second kappa shape index (κ2) is 4.53. The highest BCUT2D eigenvalue weighted by atomic mass is 16.2. The standard InChI is InChI=1S/C12H17N3O/c1-15(2)11-6-4-3-5-10(11)14-12(16)9-7-13-8-9/h3-6,9,13H,7-8H2,1-2H3,(H,14,16). The van der Waals surface area contributed by atoms with Crippen molar-refractivity contribution in [2.45, 2.75) is 0 Å². The quantitative estimate of drug-likeness (QED) is 0.794. The van der Waals surface area contributed by atoms with Crippen LogP contribution in [0.4, 0.5) is 11.4 Å². The van der Waals surface area contributed by atoms with Gasteiger partial charge in [0, 0.05) is 27.2 Å². The number of carbonyl (C=O) groups is 1. The number of amides is 1. The fraction of sp³-hybridized carbons (Fsp3) is 0.417. The molecule has 0 aliphatic carbocycles. The van der Waals surface area contributed by atoms with Crippen LogP contribution in [0.3, 0.4) is 0 Å². The van der Waals surface area contributed by atoms with Crippen molar-refractivity contribution in [3.05, 3.63) is 24.3 Å². The minimum absolute atomic E-state index is 0.105. The van der Waals surface area contributed by atoms with E-state index in [-0.39, 0.29) is 11.8 Å². The highest BCUT2D eigenvalue weighted by Gasteiger charge is 2.25. The number of hydrogen-bond acceptors (Lipinski definition) is 3. The van der Waals surface area contributed by atoms with Crippen molar-refractivity contribution in [2.75, 3.05) is 37.4 Å². The maximum Gasteiger partial charge on any atom is 0.230 e. The number of benzene rings is 1. The number of rotatable bonds is 3. The Morgan fingerprint density at radius 2 is 2.06 bits per heavy atom. The zero-order valence-electron chi connectivity index (χ0n) is 9.66. The van der Waals surface area contributed by atoms with Gasteiger partial charge in [-0.2, -0.15) is 0 Å². The van der Waals surface area contributed by atoms with Gasteiger partial charge < -0.3 is 15.5 Å². The molecule has 86 valence electrons. The predicted molar refractivity (Wildman–Crippen MR) is 65.8 cm³/mol. The Morgan fingerprint density at radius 1 is 1.38 bits per heavy atom. The van der Waals surface area contributed by atoms with Crippen molar-refractivity contribution < 1.29 is 4.79 Å². The van der Waals surface area contributed by atoms with Crippen LogP contribution in [0.25, 0.3) is 0 Å². The average molecular weight is 219 g/mol. The van der Waals surface area contributed by atoms with Crippen LogP contribution in [0.2, 0.25) is 0 Å². The van der Waals surface area contributed by atoms with E-state index in [2.05, 4.69) is 10.6 Å². The van der Waals surface area contributed by atoms with Gasteiger partial charge in [-0.15, -0.1) is 0 Å². The minimum atomic E-state index is 0.105. The van der Waals surface area contributed by atoms with E-state index in [0.29, 0.717) is 0 Å². The van der Waals surface area contributed by atoms with Crippen LogP contribution in [-0.4, -0.2) is 33.1 Å².